The number of aromatic nitrogens is 1. The van der Waals surface area contributed by atoms with Crippen molar-refractivity contribution in [2.75, 3.05) is 14.2 Å². The van der Waals surface area contributed by atoms with Gasteiger partial charge in [-0.1, -0.05) is 0 Å². The molecule has 2 aromatic rings. The predicted octanol–water partition coefficient (Wildman–Crippen LogP) is 1.12. The van der Waals surface area contributed by atoms with E-state index in [-0.39, 0.29) is 0 Å². The van der Waals surface area contributed by atoms with Gasteiger partial charge < -0.3 is 23.0 Å². The zero-order valence-electron chi connectivity index (χ0n) is 11.4. The highest BCUT2D eigenvalue weighted by Crippen LogP contribution is 2.25. The molecule has 7 heteroatoms. The Bertz CT molecular complexity index is 464. The van der Waals surface area contributed by atoms with Crippen molar-refractivity contribution < 1.29 is 18.4 Å². The molecule has 6 nitrogen and oxygen atoms in total. The van der Waals surface area contributed by atoms with Crippen LogP contribution in [0.5, 0.6) is 0 Å². The van der Waals surface area contributed by atoms with Crippen molar-refractivity contribution in [2.45, 2.75) is 25.4 Å². The maximum atomic E-state index is 9.55. The van der Waals surface area contributed by atoms with Crippen molar-refractivity contribution in [2.24, 2.45) is 5.73 Å². The summed E-state index contributed by atoms with van der Waals surface area (Å²) < 4.78 is 18.5. The Labute approximate surface area is 113 Å². The average Bonchev–Trinajstić information content (AvgIpc) is 2.97. The van der Waals surface area contributed by atoms with Crippen molar-refractivity contribution in [3.8, 4) is 0 Å². The molecule has 0 saturated heterocycles. The van der Waals surface area contributed by atoms with E-state index in [0.717, 1.165) is 11.0 Å². The van der Waals surface area contributed by atoms with Crippen molar-refractivity contribution in [1.82, 2.24) is 4.57 Å². The van der Waals surface area contributed by atoms with Gasteiger partial charge in [0.25, 0.3) is 0 Å². The lowest BCUT2D eigenvalue weighted by Gasteiger charge is -2.30. The predicted molar refractivity (Wildman–Crippen MR) is 73.7 cm³/mol. The topological polar surface area (TPSA) is 78.9 Å². The molecule has 106 valence electrons. The van der Waals surface area contributed by atoms with Crippen molar-refractivity contribution in [3.05, 3.63) is 24.3 Å². The van der Waals surface area contributed by atoms with Gasteiger partial charge in [0.2, 0.25) is 0 Å². The third-order valence-corrected chi connectivity index (χ3v) is 6.06. The molecule has 2 aromatic heterocycles. The second-order valence-corrected chi connectivity index (χ2v) is 7.37. The van der Waals surface area contributed by atoms with Gasteiger partial charge in [-0.3, -0.25) is 5.73 Å². The highest BCUT2D eigenvalue weighted by atomic mass is 28.4. The van der Waals surface area contributed by atoms with Gasteiger partial charge in [-0.15, -0.1) is 0 Å². The molecule has 0 aliphatic heterocycles. The number of benzene rings is 1. The Morgan fingerprint density at radius 3 is 2.05 bits per heavy atom. The van der Waals surface area contributed by atoms with E-state index < -0.39 is 21.3 Å². The van der Waals surface area contributed by atoms with Crippen molar-refractivity contribution >= 4 is 19.8 Å². The van der Waals surface area contributed by atoms with Crippen LogP contribution < -0.4 is 5.73 Å². The third-order valence-electron chi connectivity index (χ3n) is 3.13. The smallest absolute Gasteiger partial charge is 0.393 e. The fourth-order valence-electron chi connectivity index (χ4n) is 2.21. The van der Waals surface area contributed by atoms with Crippen LogP contribution >= 0.6 is 0 Å². The Morgan fingerprint density at radius 1 is 1.21 bits per heavy atom. The molecule has 2 bridgehead atoms. The minimum absolute atomic E-state index is 0.299. The molecular formula is C12H20N2O4Si. The van der Waals surface area contributed by atoms with E-state index in [1.165, 1.54) is 14.2 Å². The molecule has 0 radical (unpaired) electrons. The van der Waals surface area contributed by atoms with E-state index in [4.69, 9.17) is 19.0 Å². The van der Waals surface area contributed by atoms with Crippen LogP contribution in [0.2, 0.25) is 6.04 Å². The molecule has 0 aromatic carbocycles. The first-order valence-corrected chi connectivity index (χ1v) is 8.05. The van der Waals surface area contributed by atoms with Gasteiger partial charge in [-0.2, -0.15) is 0 Å². The molecule has 0 saturated carbocycles. The third kappa shape index (κ3) is 2.81. The summed E-state index contributed by atoms with van der Waals surface area (Å²) in [6.07, 6.45) is -1.27. The Balaban J connectivity index is 2.17. The largest absolute Gasteiger partial charge is 0.505 e. The summed E-state index contributed by atoms with van der Waals surface area (Å²) in [5, 5.41) is 9.55. The first kappa shape index (κ1) is 14.4. The van der Waals surface area contributed by atoms with E-state index in [2.05, 4.69) is 0 Å². The second kappa shape index (κ2) is 5.57. The summed E-state index contributed by atoms with van der Waals surface area (Å²) in [5.41, 5.74) is 8.05. The number of nitrogens with zero attached hydrogens (tertiary/aromatic N) is 1. The first-order chi connectivity index (χ1) is 9.01. The van der Waals surface area contributed by atoms with Gasteiger partial charge >= 0.3 is 8.80 Å². The maximum Gasteiger partial charge on any atom is 0.505 e. The molecule has 19 heavy (non-hydrogen) atoms. The molecular weight excluding hydrogens is 264 g/mol. The van der Waals surface area contributed by atoms with Crippen LogP contribution in [0.4, 0.5) is 0 Å². The summed E-state index contributed by atoms with van der Waals surface area (Å²) in [6.45, 7) is 1.67. The van der Waals surface area contributed by atoms with E-state index in [1.807, 2.05) is 28.8 Å². The number of hydrogen-bond donors (Lipinski definition) is 2. The number of nitrogens with two attached hydrogens (primary N) is 1. The first-order valence-electron chi connectivity index (χ1n) is 6.12. The number of rotatable bonds is 7. The number of aliphatic hydroxyl groups is 1. The van der Waals surface area contributed by atoms with E-state index in [0.29, 0.717) is 6.04 Å². The van der Waals surface area contributed by atoms with Crippen LogP contribution in [0.3, 0.4) is 0 Å². The van der Waals surface area contributed by atoms with Gasteiger partial charge in [-0.05, 0) is 31.2 Å². The molecule has 2 unspecified atom stereocenters. The highest BCUT2D eigenvalue weighted by molar-refractivity contribution is 6.60. The SMILES string of the molecule is CO[Si](CC(C)O)(OC)OC(N)n1c2ccc1cc2. The van der Waals surface area contributed by atoms with Crippen LogP contribution in [0.25, 0.3) is 11.0 Å². The summed E-state index contributed by atoms with van der Waals surface area (Å²) in [5.74, 6) is 0. The average molecular weight is 284 g/mol. The highest BCUT2D eigenvalue weighted by Gasteiger charge is 2.43. The zero-order valence-corrected chi connectivity index (χ0v) is 12.4. The van der Waals surface area contributed by atoms with Gasteiger partial charge in [0.05, 0.1) is 6.10 Å². The molecule has 3 N–H and O–H groups in total. The second-order valence-electron chi connectivity index (χ2n) is 4.54. The van der Waals surface area contributed by atoms with Gasteiger partial charge in [0.15, 0.2) is 6.35 Å². The fourth-order valence-corrected chi connectivity index (χ4v) is 4.20. The van der Waals surface area contributed by atoms with Crippen LogP contribution in [0.15, 0.2) is 24.3 Å². The quantitative estimate of drug-likeness (QED) is 0.588. The lowest BCUT2D eigenvalue weighted by atomic mass is 10.4. The molecule has 0 aliphatic carbocycles. The van der Waals surface area contributed by atoms with Gasteiger partial charge in [0, 0.05) is 31.3 Å². The number of aliphatic hydroxyl groups excluding tert-OH is 1. The standard InChI is InChI=1S/C12H20N2O4Si/c1-9(15)8-19(16-2,17-3)18-12(13)14-10-4-5-11(14)7-6-10/h4-7,9,12,15H,8,13H2,1-3H3. The van der Waals surface area contributed by atoms with Crippen molar-refractivity contribution in [1.29, 1.82) is 0 Å². The Kier molecular flexibility index (Phi) is 4.24. The van der Waals surface area contributed by atoms with E-state index >= 15 is 0 Å². The minimum Gasteiger partial charge on any atom is -0.393 e. The van der Waals surface area contributed by atoms with Gasteiger partial charge in [0.1, 0.15) is 0 Å². The zero-order chi connectivity index (χ0) is 14.0. The van der Waals surface area contributed by atoms with E-state index in [1.54, 1.807) is 6.92 Å². The van der Waals surface area contributed by atoms with Crippen LogP contribution in [-0.2, 0) is 13.3 Å². The minimum atomic E-state index is -2.97. The Morgan fingerprint density at radius 2 is 1.68 bits per heavy atom. The lowest BCUT2D eigenvalue weighted by molar-refractivity contribution is 0.0199. The normalized spacial score (nSPS) is 16.1. The fraction of sp³-hybridized carbons (Fsp3) is 0.500. The van der Waals surface area contributed by atoms with Crippen LogP contribution in [-0.4, -0.2) is 38.8 Å². The number of fused-ring (bicyclic) bond motifs is 2. The molecule has 2 rings (SSSR count). The molecule has 2 heterocycles. The lowest BCUT2D eigenvalue weighted by Crippen LogP contribution is -2.49. The summed E-state index contributed by atoms with van der Waals surface area (Å²) in [4.78, 5) is 0. The molecule has 0 spiro atoms. The van der Waals surface area contributed by atoms with E-state index in [9.17, 15) is 5.11 Å². The molecule has 0 amide bonds. The van der Waals surface area contributed by atoms with Crippen LogP contribution in [0.1, 0.15) is 13.3 Å². The van der Waals surface area contributed by atoms with Gasteiger partial charge in [-0.25, -0.2) is 0 Å². The summed E-state index contributed by atoms with van der Waals surface area (Å²) in [7, 11) is 0.0607. The van der Waals surface area contributed by atoms with Crippen LogP contribution in [0, 0.1) is 0 Å². The monoisotopic (exact) mass is 284 g/mol. The maximum absolute atomic E-state index is 9.55. The van der Waals surface area contributed by atoms with Crippen molar-refractivity contribution in [3.63, 3.8) is 0 Å². The summed E-state index contributed by atoms with van der Waals surface area (Å²) in [6, 6.07) is 8.17. The molecule has 0 fully saturated rings. The molecule has 0 aliphatic rings. The summed E-state index contributed by atoms with van der Waals surface area (Å²) >= 11 is 0. The number of hydrogen-bond acceptors (Lipinski definition) is 5. The Hall–Kier alpha value is -0.963. The molecule has 2 atom stereocenters.